The largest absolute Gasteiger partial charge is 0.497 e. The monoisotopic (exact) mass is 378 g/mol. The zero-order valence-electron chi connectivity index (χ0n) is 16.6. The molecule has 0 aliphatic carbocycles. The summed E-state index contributed by atoms with van der Waals surface area (Å²) in [7, 11) is 1.69. The van der Waals surface area contributed by atoms with E-state index >= 15 is 0 Å². The fraction of sp³-hybridized carbons (Fsp3) is 0.364. The van der Waals surface area contributed by atoms with Gasteiger partial charge in [-0.05, 0) is 50.2 Å². The number of anilines is 1. The lowest BCUT2D eigenvalue weighted by molar-refractivity contribution is 0.174. The molecule has 6 heteroatoms. The van der Waals surface area contributed by atoms with Crippen LogP contribution in [0.5, 0.6) is 5.75 Å². The van der Waals surface area contributed by atoms with Crippen LogP contribution in [0.15, 0.2) is 52.9 Å². The number of hydrogen-bond acceptors (Lipinski definition) is 6. The molecule has 0 unspecified atom stereocenters. The number of hydrogen-bond donors (Lipinski definition) is 0. The number of benzene rings is 2. The van der Waals surface area contributed by atoms with Gasteiger partial charge in [0.1, 0.15) is 5.75 Å². The summed E-state index contributed by atoms with van der Waals surface area (Å²) in [4.78, 5) is 4.79. The third-order valence-electron chi connectivity index (χ3n) is 5.36. The molecule has 1 aromatic heterocycles. The van der Waals surface area contributed by atoms with Gasteiger partial charge < -0.3 is 14.1 Å². The first-order valence-corrected chi connectivity index (χ1v) is 9.67. The number of methoxy groups -OCH3 is 1. The lowest BCUT2D eigenvalue weighted by Crippen LogP contribution is -2.47. The lowest BCUT2D eigenvalue weighted by atomic mass is 10.1. The number of ether oxygens (including phenoxy) is 1. The van der Waals surface area contributed by atoms with Crippen LogP contribution in [0, 0.1) is 6.92 Å². The van der Waals surface area contributed by atoms with E-state index in [2.05, 4.69) is 58.1 Å². The van der Waals surface area contributed by atoms with Crippen molar-refractivity contribution >= 4 is 5.69 Å². The van der Waals surface area contributed by atoms with Gasteiger partial charge in [-0.1, -0.05) is 17.7 Å². The molecule has 0 amide bonds. The van der Waals surface area contributed by atoms with Crippen molar-refractivity contribution in [3.8, 4) is 17.2 Å². The van der Waals surface area contributed by atoms with E-state index in [1.807, 2.05) is 24.3 Å². The first-order chi connectivity index (χ1) is 13.6. The molecule has 1 atom stereocenters. The summed E-state index contributed by atoms with van der Waals surface area (Å²) >= 11 is 0. The first kappa shape index (κ1) is 18.5. The van der Waals surface area contributed by atoms with Crippen LogP contribution in [-0.4, -0.2) is 48.4 Å². The van der Waals surface area contributed by atoms with Crippen molar-refractivity contribution in [1.29, 1.82) is 0 Å². The second-order valence-electron chi connectivity index (χ2n) is 7.21. The molecule has 0 N–H and O–H groups in total. The van der Waals surface area contributed by atoms with E-state index < -0.39 is 0 Å². The summed E-state index contributed by atoms with van der Waals surface area (Å²) < 4.78 is 11.2. The van der Waals surface area contributed by atoms with Gasteiger partial charge >= 0.3 is 0 Å². The average molecular weight is 378 g/mol. The van der Waals surface area contributed by atoms with Crippen molar-refractivity contribution in [2.75, 3.05) is 38.2 Å². The van der Waals surface area contributed by atoms with Crippen LogP contribution in [0.1, 0.15) is 24.4 Å². The predicted octanol–water partition coefficient (Wildman–Crippen LogP) is 3.94. The van der Waals surface area contributed by atoms with Crippen molar-refractivity contribution in [2.45, 2.75) is 19.9 Å². The summed E-state index contributed by atoms with van der Waals surface area (Å²) in [5.74, 6) is 2.15. The van der Waals surface area contributed by atoms with Crippen LogP contribution in [0.2, 0.25) is 0 Å². The van der Waals surface area contributed by atoms with Gasteiger partial charge in [0.05, 0.1) is 13.2 Å². The quantitative estimate of drug-likeness (QED) is 0.670. The normalized spacial score (nSPS) is 16.2. The van der Waals surface area contributed by atoms with E-state index in [9.17, 15) is 0 Å². The van der Waals surface area contributed by atoms with E-state index in [0.717, 1.165) is 37.5 Å². The minimum atomic E-state index is 0.101. The minimum absolute atomic E-state index is 0.101. The molecule has 28 heavy (non-hydrogen) atoms. The number of nitrogens with zero attached hydrogens (tertiary/aromatic N) is 4. The molecule has 2 aromatic carbocycles. The SMILES string of the molecule is COc1ccc(N2CCN([C@@H](C)c3nnc(-c4cccc(C)c4)o3)CC2)cc1. The van der Waals surface area contributed by atoms with Crippen LogP contribution < -0.4 is 9.64 Å². The summed E-state index contributed by atoms with van der Waals surface area (Å²) in [5, 5.41) is 8.56. The van der Waals surface area contributed by atoms with Gasteiger partial charge in [-0.15, -0.1) is 10.2 Å². The van der Waals surface area contributed by atoms with E-state index in [0.29, 0.717) is 11.8 Å². The van der Waals surface area contributed by atoms with Crippen molar-refractivity contribution in [3.63, 3.8) is 0 Å². The third kappa shape index (κ3) is 3.87. The van der Waals surface area contributed by atoms with E-state index in [-0.39, 0.29) is 6.04 Å². The molecule has 2 heterocycles. The lowest BCUT2D eigenvalue weighted by Gasteiger charge is -2.38. The second-order valence-corrected chi connectivity index (χ2v) is 7.21. The smallest absolute Gasteiger partial charge is 0.247 e. The highest BCUT2D eigenvalue weighted by molar-refractivity contribution is 5.53. The van der Waals surface area contributed by atoms with Gasteiger partial charge in [-0.25, -0.2) is 0 Å². The van der Waals surface area contributed by atoms with Crippen LogP contribution in [0.3, 0.4) is 0 Å². The van der Waals surface area contributed by atoms with E-state index in [1.165, 1.54) is 11.3 Å². The van der Waals surface area contributed by atoms with Gasteiger partial charge in [0.2, 0.25) is 11.8 Å². The number of aryl methyl sites for hydroxylation is 1. The Kier molecular flexibility index (Phi) is 5.30. The molecule has 3 aromatic rings. The Hall–Kier alpha value is -2.86. The maximum Gasteiger partial charge on any atom is 0.247 e. The third-order valence-corrected chi connectivity index (χ3v) is 5.36. The van der Waals surface area contributed by atoms with Crippen LogP contribution in [0.25, 0.3) is 11.5 Å². The zero-order valence-corrected chi connectivity index (χ0v) is 16.6. The van der Waals surface area contributed by atoms with Crippen LogP contribution in [0.4, 0.5) is 5.69 Å². The maximum atomic E-state index is 5.99. The first-order valence-electron chi connectivity index (χ1n) is 9.67. The summed E-state index contributed by atoms with van der Waals surface area (Å²) in [6.07, 6.45) is 0. The Morgan fingerprint density at radius 1 is 1.00 bits per heavy atom. The molecule has 4 rings (SSSR count). The number of aromatic nitrogens is 2. The Morgan fingerprint density at radius 2 is 1.75 bits per heavy atom. The number of rotatable bonds is 5. The molecule has 1 saturated heterocycles. The molecule has 1 aliphatic heterocycles. The molecule has 6 nitrogen and oxygen atoms in total. The molecule has 146 valence electrons. The highest BCUT2D eigenvalue weighted by Crippen LogP contribution is 2.27. The van der Waals surface area contributed by atoms with Gasteiger partial charge in [0, 0.05) is 37.4 Å². The zero-order chi connectivity index (χ0) is 19.5. The van der Waals surface area contributed by atoms with Gasteiger partial charge in [0.25, 0.3) is 0 Å². The van der Waals surface area contributed by atoms with Gasteiger partial charge in [0.15, 0.2) is 0 Å². The predicted molar refractivity (Wildman–Crippen MR) is 110 cm³/mol. The standard InChI is InChI=1S/C22H26N4O2/c1-16-5-4-6-18(15-16)22-24-23-21(28-22)17(2)25-11-13-26(14-12-25)19-7-9-20(27-3)10-8-19/h4-10,15,17H,11-14H2,1-3H3/t17-/m0/s1. The molecule has 0 spiro atoms. The Bertz CT molecular complexity index is 914. The van der Waals surface area contributed by atoms with E-state index in [1.54, 1.807) is 7.11 Å². The molecule has 1 aliphatic rings. The fourth-order valence-electron chi connectivity index (χ4n) is 3.61. The van der Waals surface area contributed by atoms with Crippen molar-refractivity contribution in [2.24, 2.45) is 0 Å². The van der Waals surface area contributed by atoms with Crippen molar-refractivity contribution in [1.82, 2.24) is 15.1 Å². The molecule has 0 radical (unpaired) electrons. The maximum absolute atomic E-state index is 5.99. The number of piperazine rings is 1. The second kappa shape index (κ2) is 8.02. The molecule has 1 fully saturated rings. The molecular weight excluding hydrogens is 352 g/mol. The van der Waals surface area contributed by atoms with Crippen molar-refractivity contribution in [3.05, 3.63) is 60.0 Å². The van der Waals surface area contributed by atoms with Crippen LogP contribution >= 0.6 is 0 Å². The molecule has 0 saturated carbocycles. The Balaban J connectivity index is 1.39. The topological polar surface area (TPSA) is 54.6 Å². The summed E-state index contributed by atoms with van der Waals surface area (Å²) in [6.45, 7) is 8.04. The fourth-order valence-corrected chi connectivity index (χ4v) is 3.61. The Morgan fingerprint density at radius 3 is 2.43 bits per heavy atom. The van der Waals surface area contributed by atoms with Gasteiger partial charge in [-0.3, -0.25) is 4.90 Å². The van der Waals surface area contributed by atoms with Gasteiger partial charge in [-0.2, -0.15) is 0 Å². The summed E-state index contributed by atoms with van der Waals surface area (Å²) in [5.41, 5.74) is 3.38. The molecular formula is C22H26N4O2. The van der Waals surface area contributed by atoms with Crippen LogP contribution in [-0.2, 0) is 0 Å². The molecule has 0 bridgehead atoms. The summed E-state index contributed by atoms with van der Waals surface area (Å²) in [6, 6.07) is 16.5. The Labute approximate surface area is 165 Å². The van der Waals surface area contributed by atoms with E-state index in [4.69, 9.17) is 9.15 Å². The highest BCUT2D eigenvalue weighted by atomic mass is 16.5. The highest BCUT2D eigenvalue weighted by Gasteiger charge is 2.26. The average Bonchev–Trinajstić information content (AvgIpc) is 3.24. The minimum Gasteiger partial charge on any atom is -0.497 e. The van der Waals surface area contributed by atoms with Crippen molar-refractivity contribution < 1.29 is 9.15 Å².